The lowest BCUT2D eigenvalue weighted by molar-refractivity contribution is 0.718. The molecule has 3 heteroatoms. The molecule has 0 spiro atoms. The van der Waals surface area contributed by atoms with Gasteiger partial charge in [0, 0.05) is 28.6 Å². The zero-order chi connectivity index (χ0) is 12.3. The van der Waals surface area contributed by atoms with Crippen LogP contribution in [0, 0.1) is 0 Å². The van der Waals surface area contributed by atoms with Gasteiger partial charge in [0.05, 0.1) is 0 Å². The van der Waals surface area contributed by atoms with E-state index in [2.05, 4.69) is 38.1 Å². The van der Waals surface area contributed by atoms with Gasteiger partial charge in [-0.05, 0) is 17.0 Å². The van der Waals surface area contributed by atoms with E-state index in [4.69, 9.17) is 5.73 Å². The first-order valence-corrected chi connectivity index (χ1v) is 8.43. The fraction of sp³-hybridized carbons (Fsp3) is 0.571. The Bertz CT molecular complexity index is 342. The predicted octanol–water partition coefficient (Wildman–Crippen LogP) is 3.66. The molecule has 1 aromatic carbocycles. The fourth-order valence-electron chi connectivity index (χ4n) is 2.03. The van der Waals surface area contributed by atoms with E-state index in [0.717, 1.165) is 0 Å². The molecule has 1 aliphatic rings. The molecule has 1 saturated heterocycles. The second-order valence-electron chi connectivity index (χ2n) is 4.83. The van der Waals surface area contributed by atoms with E-state index in [1.807, 2.05) is 23.5 Å². The average Bonchev–Trinajstić information content (AvgIpc) is 2.39. The summed E-state index contributed by atoms with van der Waals surface area (Å²) in [6.45, 7) is 4.45. The van der Waals surface area contributed by atoms with Crippen molar-refractivity contribution in [1.29, 1.82) is 0 Å². The molecule has 2 N–H and O–H groups in total. The maximum absolute atomic E-state index is 6.36. The lowest BCUT2D eigenvalue weighted by atomic mass is 9.98. The van der Waals surface area contributed by atoms with Crippen molar-refractivity contribution in [2.75, 3.05) is 17.3 Å². The summed E-state index contributed by atoms with van der Waals surface area (Å²) in [6.07, 6.45) is 0. The molecule has 1 nitrogen and oxygen atoms in total. The van der Waals surface area contributed by atoms with Crippen LogP contribution in [0.5, 0.6) is 0 Å². The minimum Gasteiger partial charge on any atom is -0.323 e. The largest absolute Gasteiger partial charge is 0.323 e. The molecular formula is C14H21NS2. The summed E-state index contributed by atoms with van der Waals surface area (Å²) >= 11 is 4.06. The van der Waals surface area contributed by atoms with Gasteiger partial charge in [-0.15, -0.1) is 0 Å². The maximum Gasteiger partial charge on any atom is 0.0423 e. The van der Waals surface area contributed by atoms with Gasteiger partial charge in [-0.3, -0.25) is 0 Å². The Hall–Kier alpha value is -0.120. The molecule has 1 heterocycles. The van der Waals surface area contributed by atoms with Gasteiger partial charge in [-0.25, -0.2) is 0 Å². The van der Waals surface area contributed by atoms with Crippen LogP contribution in [-0.2, 0) is 0 Å². The van der Waals surface area contributed by atoms with Gasteiger partial charge in [-0.2, -0.15) is 23.5 Å². The van der Waals surface area contributed by atoms with E-state index in [9.17, 15) is 0 Å². The van der Waals surface area contributed by atoms with Crippen LogP contribution in [-0.4, -0.2) is 22.5 Å². The van der Waals surface area contributed by atoms with E-state index >= 15 is 0 Å². The Balaban J connectivity index is 2.05. The molecule has 1 fully saturated rings. The van der Waals surface area contributed by atoms with Crippen molar-refractivity contribution in [3.63, 3.8) is 0 Å². The van der Waals surface area contributed by atoms with Crippen LogP contribution in [0.1, 0.15) is 36.9 Å². The first-order chi connectivity index (χ1) is 8.18. The third-order valence-electron chi connectivity index (χ3n) is 3.23. The van der Waals surface area contributed by atoms with Crippen molar-refractivity contribution in [3.05, 3.63) is 35.4 Å². The Morgan fingerprint density at radius 3 is 2.29 bits per heavy atom. The number of thioether (sulfide) groups is 2. The Morgan fingerprint density at radius 1 is 1.12 bits per heavy atom. The lowest BCUT2D eigenvalue weighted by Crippen LogP contribution is -2.28. The van der Waals surface area contributed by atoms with Crippen LogP contribution in [0.3, 0.4) is 0 Å². The molecule has 0 amide bonds. The average molecular weight is 267 g/mol. The molecule has 0 bridgehead atoms. The molecule has 0 saturated carbocycles. The second-order valence-corrected chi connectivity index (χ2v) is 7.33. The van der Waals surface area contributed by atoms with Crippen LogP contribution in [0.4, 0.5) is 0 Å². The fourth-order valence-corrected chi connectivity index (χ4v) is 4.83. The smallest absolute Gasteiger partial charge is 0.0423 e. The highest BCUT2D eigenvalue weighted by Crippen LogP contribution is 2.32. The first-order valence-electron chi connectivity index (χ1n) is 6.23. The van der Waals surface area contributed by atoms with Gasteiger partial charge < -0.3 is 5.73 Å². The van der Waals surface area contributed by atoms with Crippen LogP contribution in [0.15, 0.2) is 24.3 Å². The number of hydrogen-bond donors (Lipinski definition) is 1. The minimum absolute atomic E-state index is 0.189. The van der Waals surface area contributed by atoms with Crippen molar-refractivity contribution < 1.29 is 0 Å². The topological polar surface area (TPSA) is 26.0 Å². The zero-order valence-corrected chi connectivity index (χ0v) is 12.2. The maximum atomic E-state index is 6.36. The predicted molar refractivity (Wildman–Crippen MR) is 81.0 cm³/mol. The van der Waals surface area contributed by atoms with Gasteiger partial charge >= 0.3 is 0 Å². The highest BCUT2D eigenvalue weighted by atomic mass is 32.2. The molecule has 0 aliphatic carbocycles. The quantitative estimate of drug-likeness (QED) is 0.905. The van der Waals surface area contributed by atoms with E-state index < -0.39 is 0 Å². The molecule has 0 radical (unpaired) electrons. The standard InChI is InChI=1S/C14H21NS2/c1-10(2)11-3-5-12(6-4-11)14(15)13-9-16-7-8-17-13/h3-6,10,13-14H,7-9,15H2,1-2H3. The Morgan fingerprint density at radius 2 is 1.76 bits per heavy atom. The summed E-state index contributed by atoms with van der Waals surface area (Å²) in [5.74, 6) is 4.31. The number of hydrogen-bond acceptors (Lipinski definition) is 3. The van der Waals surface area contributed by atoms with Crippen molar-refractivity contribution in [1.82, 2.24) is 0 Å². The molecule has 0 aromatic heterocycles. The number of rotatable bonds is 3. The van der Waals surface area contributed by atoms with Gasteiger partial charge in [0.2, 0.25) is 0 Å². The van der Waals surface area contributed by atoms with E-state index in [1.165, 1.54) is 28.4 Å². The van der Waals surface area contributed by atoms with Crippen LogP contribution in [0.2, 0.25) is 0 Å². The van der Waals surface area contributed by atoms with Crippen molar-refractivity contribution in [2.24, 2.45) is 5.73 Å². The number of nitrogens with two attached hydrogens (primary N) is 1. The normalized spacial score (nSPS) is 22.7. The zero-order valence-electron chi connectivity index (χ0n) is 10.6. The second kappa shape index (κ2) is 6.17. The van der Waals surface area contributed by atoms with Crippen molar-refractivity contribution >= 4 is 23.5 Å². The molecule has 2 unspecified atom stereocenters. The van der Waals surface area contributed by atoms with Gasteiger partial charge in [0.25, 0.3) is 0 Å². The third kappa shape index (κ3) is 3.43. The molecule has 2 rings (SSSR count). The minimum atomic E-state index is 0.189. The summed E-state index contributed by atoms with van der Waals surface area (Å²) in [4.78, 5) is 0. The molecule has 1 aromatic rings. The third-order valence-corrected chi connectivity index (χ3v) is 6.12. The van der Waals surface area contributed by atoms with Crippen LogP contribution >= 0.6 is 23.5 Å². The van der Waals surface area contributed by atoms with Crippen molar-refractivity contribution in [3.8, 4) is 0 Å². The Kier molecular flexibility index (Phi) is 4.83. The highest BCUT2D eigenvalue weighted by molar-refractivity contribution is 8.06. The van der Waals surface area contributed by atoms with Crippen LogP contribution < -0.4 is 5.73 Å². The summed E-state index contributed by atoms with van der Waals surface area (Å²) < 4.78 is 0. The summed E-state index contributed by atoms with van der Waals surface area (Å²) in [6, 6.07) is 9.05. The highest BCUT2D eigenvalue weighted by Gasteiger charge is 2.22. The van der Waals surface area contributed by atoms with E-state index in [1.54, 1.807) is 0 Å². The van der Waals surface area contributed by atoms with Gasteiger partial charge in [0.1, 0.15) is 0 Å². The van der Waals surface area contributed by atoms with Crippen molar-refractivity contribution in [2.45, 2.75) is 31.1 Å². The molecule has 2 atom stereocenters. The Labute approximate surface area is 113 Å². The molecule has 17 heavy (non-hydrogen) atoms. The van der Waals surface area contributed by atoms with Gasteiger partial charge in [0.15, 0.2) is 0 Å². The molecule has 1 aliphatic heterocycles. The van der Waals surface area contributed by atoms with E-state index in [-0.39, 0.29) is 6.04 Å². The summed E-state index contributed by atoms with van der Waals surface area (Å²) in [7, 11) is 0. The molecular weight excluding hydrogens is 246 g/mol. The van der Waals surface area contributed by atoms with Gasteiger partial charge in [-0.1, -0.05) is 38.1 Å². The van der Waals surface area contributed by atoms with E-state index in [0.29, 0.717) is 11.2 Å². The van der Waals surface area contributed by atoms with Crippen LogP contribution in [0.25, 0.3) is 0 Å². The molecule has 94 valence electrons. The summed E-state index contributed by atoms with van der Waals surface area (Å²) in [5, 5.41) is 0.582. The monoisotopic (exact) mass is 267 g/mol. The lowest BCUT2D eigenvalue weighted by Gasteiger charge is -2.27. The first kappa shape index (κ1) is 13.3. The SMILES string of the molecule is CC(C)c1ccc(C(N)C2CSCCS2)cc1. The number of benzene rings is 1. The summed E-state index contributed by atoms with van der Waals surface area (Å²) in [5.41, 5.74) is 9.04.